The van der Waals surface area contributed by atoms with Crippen molar-refractivity contribution in [2.45, 2.75) is 96.5 Å². The summed E-state index contributed by atoms with van der Waals surface area (Å²) in [6.07, 6.45) is 9.87. The first-order valence-electron chi connectivity index (χ1n) is 11.9. The molecule has 0 unspecified atom stereocenters. The highest BCUT2D eigenvalue weighted by Crippen LogP contribution is 2.78. The Kier molecular flexibility index (Phi) is 4.57. The minimum atomic E-state index is -0.233. The zero-order chi connectivity index (χ0) is 21.1. The van der Waals surface area contributed by atoms with Gasteiger partial charge in [0, 0.05) is 18.3 Å². The lowest BCUT2D eigenvalue weighted by Crippen LogP contribution is -2.53. The van der Waals surface area contributed by atoms with E-state index in [9.17, 15) is 9.59 Å². The minimum Gasteiger partial charge on any atom is -0.458 e. The van der Waals surface area contributed by atoms with Gasteiger partial charge < -0.3 is 9.47 Å². The molecular formula is C26H34O4. The second-order valence-electron chi connectivity index (χ2n) is 10.3. The Labute approximate surface area is 179 Å². The number of ether oxygens (including phenoxy) is 2. The largest absolute Gasteiger partial charge is 0.458 e. The summed E-state index contributed by atoms with van der Waals surface area (Å²) in [5.74, 6) is 1.72. The second kappa shape index (κ2) is 6.83. The lowest BCUT2D eigenvalue weighted by Gasteiger charge is -2.57. The Morgan fingerprint density at radius 1 is 1.00 bits per heavy atom. The molecule has 0 saturated heterocycles. The van der Waals surface area contributed by atoms with E-state index in [2.05, 4.69) is 19.1 Å². The van der Waals surface area contributed by atoms with Crippen molar-refractivity contribution in [1.29, 1.82) is 0 Å². The zero-order valence-corrected chi connectivity index (χ0v) is 18.6. The molecule has 0 aromatic heterocycles. The van der Waals surface area contributed by atoms with E-state index in [4.69, 9.17) is 9.47 Å². The van der Waals surface area contributed by atoms with Crippen molar-refractivity contribution in [3.8, 4) is 5.75 Å². The third-order valence-electron chi connectivity index (χ3n) is 9.56. The fraction of sp³-hybridized carbons (Fsp3) is 0.692. The second-order valence-corrected chi connectivity index (χ2v) is 10.3. The summed E-state index contributed by atoms with van der Waals surface area (Å²) in [4.78, 5) is 24.0. The number of carbonyl (C=O) groups excluding carboxylic acids is 2. The van der Waals surface area contributed by atoms with Crippen molar-refractivity contribution in [2.75, 3.05) is 0 Å². The third kappa shape index (κ3) is 2.51. The van der Waals surface area contributed by atoms with Gasteiger partial charge in [-0.2, -0.15) is 0 Å². The standard InChI is InChI=1S/C26H34O4/c1-4-22(27)29-18-7-8-19-17(16-18)6-9-21-20(19)10-11-24(3)25(21)12-14-26(24,15-13-25)30-23(28)5-2/h7-8,16,20-21H,4-6,9-15H2,1-3H3/t20-,21-,24+,25?,26?/m1/s1. The first-order chi connectivity index (χ1) is 14.4. The van der Waals surface area contributed by atoms with E-state index in [0.29, 0.717) is 35.8 Å². The molecule has 3 fully saturated rings. The van der Waals surface area contributed by atoms with Gasteiger partial charge in [-0.15, -0.1) is 0 Å². The van der Waals surface area contributed by atoms with Gasteiger partial charge in [-0.1, -0.05) is 26.8 Å². The van der Waals surface area contributed by atoms with E-state index in [0.717, 1.165) is 32.1 Å². The molecule has 0 amide bonds. The summed E-state index contributed by atoms with van der Waals surface area (Å²) in [6.45, 7) is 6.17. The predicted octanol–water partition coefficient (Wildman–Crippen LogP) is 5.71. The third-order valence-corrected chi connectivity index (χ3v) is 9.56. The van der Waals surface area contributed by atoms with Crippen LogP contribution in [0.5, 0.6) is 5.75 Å². The van der Waals surface area contributed by atoms with Crippen molar-refractivity contribution < 1.29 is 19.1 Å². The highest BCUT2D eigenvalue weighted by atomic mass is 16.6. The summed E-state index contributed by atoms with van der Waals surface area (Å²) < 4.78 is 11.7. The molecule has 162 valence electrons. The molecule has 30 heavy (non-hydrogen) atoms. The van der Waals surface area contributed by atoms with Crippen LogP contribution in [0.25, 0.3) is 0 Å². The smallest absolute Gasteiger partial charge is 0.310 e. The topological polar surface area (TPSA) is 52.6 Å². The summed E-state index contributed by atoms with van der Waals surface area (Å²) >= 11 is 0. The van der Waals surface area contributed by atoms with Crippen molar-refractivity contribution >= 4 is 11.9 Å². The Morgan fingerprint density at radius 2 is 1.73 bits per heavy atom. The number of esters is 2. The van der Waals surface area contributed by atoms with Crippen LogP contribution in [0.15, 0.2) is 18.2 Å². The normalized spacial score (nSPS) is 38.4. The van der Waals surface area contributed by atoms with Crippen LogP contribution in [-0.2, 0) is 20.7 Å². The van der Waals surface area contributed by atoms with E-state index >= 15 is 0 Å². The number of hydrogen-bond acceptors (Lipinski definition) is 4. The van der Waals surface area contributed by atoms with E-state index in [1.54, 1.807) is 0 Å². The van der Waals surface area contributed by atoms with Crippen LogP contribution >= 0.6 is 0 Å². The molecule has 1 aromatic carbocycles. The van der Waals surface area contributed by atoms with Gasteiger partial charge in [0.15, 0.2) is 0 Å². The quantitative estimate of drug-likeness (QED) is 0.471. The van der Waals surface area contributed by atoms with Crippen LogP contribution in [-0.4, -0.2) is 17.5 Å². The van der Waals surface area contributed by atoms with E-state index in [1.165, 1.54) is 30.4 Å². The first-order valence-corrected chi connectivity index (χ1v) is 11.9. The molecule has 1 aromatic rings. The van der Waals surface area contributed by atoms with Gasteiger partial charge in [0.05, 0.1) is 0 Å². The molecule has 0 N–H and O–H groups in total. The van der Waals surface area contributed by atoms with Gasteiger partial charge in [0.25, 0.3) is 0 Å². The number of fused-ring (bicyclic) bond motifs is 3. The molecule has 3 atom stereocenters. The molecule has 0 radical (unpaired) electrons. The number of aryl methyl sites for hydroxylation is 1. The Balaban J connectivity index is 1.45. The summed E-state index contributed by atoms with van der Waals surface area (Å²) in [5.41, 5.74) is 3.00. The number of benzene rings is 1. The monoisotopic (exact) mass is 410 g/mol. The molecule has 5 rings (SSSR count). The van der Waals surface area contributed by atoms with Crippen LogP contribution in [0, 0.1) is 16.7 Å². The van der Waals surface area contributed by atoms with E-state index in [1.807, 2.05) is 19.9 Å². The average Bonchev–Trinajstić information content (AvgIpc) is 3.15. The van der Waals surface area contributed by atoms with Crippen LogP contribution in [0.2, 0.25) is 0 Å². The number of rotatable bonds is 4. The Morgan fingerprint density at radius 3 is 2.43 bits per heavy atom. The van der Waals surface area contributed by atoms with Crippen LogP contribution < -0.4 is 4.74 Å². The minimum absolute atomic E-state index is 0.0285. The molecule has 0 spiro atoms. The van der Waals surface area contributed by atoms with Gasteiger partial charge in [-0.3, -0.25) is 9.59 Å². The van der Waals surface area contributed by atoms with Gasteiger partial charge >= 0.3 is 11.9 Å². The molecule has 0 heterocycles. The summed E-state index contributed by atoms with van der Waals surface area (Å²) in [7, 11) is 0. The average molecular weight is 411 g/mol. The van der Waals surface area contributed by atoms with Crippen LogP contribution in [0.3, 0.4) is 0 Å². The van der Waals surface area contributed by atoms with E-state index in [-0.39, 0.29) is 23.0 Å². The Bertz CT molecular complexity index is 879. The predicted molar refractivity (Wildman–Crippen MR) is 114 cm³/mol. The molecule has 4 aliphatic rings. The summed E-state index contributed by atoms with van der Waals surface area (Å²) in [5, 5.41) is 0. The van der Waals surface area contributed by atoms with Crippen molar-refractivity contribution in [2.24, 2.45) is 16.7 Å². The lowest BCUT2D eigenvalue weighted by molar-refractivity contribution is -0.176. The molecule has 4 aliphatic carbocycles. The molecule has 4 nitrogen and oxygen atoms in total. The van der Waals surface area contributed by atoms with Gasteiger partial charge in [0.2, 0.25) is 0 Å². The van der Waals surface area contributed by atoms with Gasteiger partial charge in [-0.25, -0.2) is 0 Å². The van der Waals surface area contributed by atoms with Gasteiger partial charge in [-0.05, 0) is 91.9 Å². The van der Waals surface area contributed by atoms with Crippen LogP contribution in [0.1, 0.15) is 95.6 Å². The molecule has 4 heteroatoms. The maximum Gasteiger partial charge on any atom is 0.310 e. The maximum absolute atomic E-state index is 12.3. The van der Waals surface area contributed by atoms with Crippen molar-refractivity contribution in [3.63, 3.8) is 0 Å². The molecule has 2 bridgehead atoms. The molecule has 0 aliphatic heterocycles. The first kappa shape index (κ1) is 20.1. The summed E-state index contributed by atoms with van der Waals surface area (Å²) in [6, 6.07) is 6.30. The zero-order valence-electron chi connectivity index (χ0n) is 18.6. The van der Waals surface area contributed by atoms with Crippen molar-refractivity contribution in [3.05, 3.63) is 29.3 Å². The van der Waals surface area contributed by atoms with Gasteiger partial charge in [0.1, 0.15) is 11.4 Å². The highest BCUT2D eigenvalue weighted by molar-refractivity contribution is 5.72. The molecule has 3 saturated carbocycles. The maximum atomic E-state index is 12.3. The number of carbonyl (C=O) groups is 2. The van der Waals surface area contributed by atoms with Crippen molar-refractivity contribution in [1.82, 2.24) is 0 Å². The fourth-order valence-corrected chi connectivity index (χ4v) is 8.04. The van der Waals surface area contributed by atoms with E-state index < -0.39 is 0 Å². The fourth-order valence-electron chi connectivity index (χ4n) is 8.04. The SMILES string of the molecule is CCC(=O)Oc1ccc2c(c1)CC[C@@H]1[C@@H]2CC[C@]2(C)C3(OC(=O)CC)CCC12CC3. The Hall–Kier alpha value is -1.84. The lowest BCUT2D eigenvalue weighted by atomic mass is 9.48. The molecular weight excluding hydrogens is 376 g/mol. The number of hydrogen-bond donors (Lipinski definition) is 0. The van der Waals surface area contributed by atoms with Crippen LogP contribution in [0.4, 0.5) is 0 Å². The highest BCUT2D eigenvalue weighted by Gasteiger charge is 2.75.